The van der Waals surface area contributed by atoms with Crippen molar-refractivity contribution >= 4 is 29.5 Å². The fourth-order valence-electron chi connectivity index (χ4n) is 3.49. The summed E-state index contributed by atoms with van der Waals surface area (Å²) in [5.74, 6) is 1.20. The molecular weight excluding hydrogens is 364 g/mol. The van der Waals surface area contributed by atoms with Gasteiger partial charge in [-0.05, 0) is 38.2 Å². The highest BCUT2D eigenvalue weighted by Gasteiger charge is 2.28. The maximum Gasteiger partial charge on any atom is 0.321 e. The van der Waals surface area contributed by atoms with E-state index in [0.717, 1.165) is 24.2 Å². The quantitative estimate of drug-likeness (QED) is 0.778. The number of aromatic nitrogens is 4. The Labute approximate surface area is 162 Å². The molecule has 146 valence electrons. The van der Waals surface area contributed by atoms with Gasteiger partial charge in [0.05, 0.1) is 5.75 Å². The summed E-state index contributed by atoms with van der Waals surface area (Å²) in [6.07, 6.45) is 3.25. The minimum atomic E-state index is -0.428. The summed E-state index contributed by atoms with van der Waals surface area (Å²) in [7, 11) is 0. The number of hydrogen-bond acceptors (Lipinski definition) is 6. The Hall–Kier alpha value is -2.16. The number of carbonyl (C=O) groups is 2. The summed E-state index contributed by atoms with van der Waals surface area (Å²) in [6.45, 7) is 8.18. The Morgan fingerprint density at radius 1 is 1.26 bits per heavy atom. The normalized spacial score (nSPS) is 22.6. The zero-order chi connectivity index (χ0) is 19.6. The zero-order valence-electron chi connectivity index (χ0n) is 16.2. The summed E-state index contributed by atoms with van der Waals surface area (Å²) >= 11 is 1.18. The van der Waals surface area contributed by atoms with Gasteiger partial charge in [-0.3, -0.25) is 10.1 Å². The van der Waals surface area contributed by atoms with Crippen LogP contribution in [0.3, 0.4) is 0 Å². The van der Waals surface area contributed by atoms with E-state index in [4.69, 9.17) is 0 Å². The van der Waals surface area contributed by atoms with Gasteiger partial charge < -0.3 is 5.32 Å². The van der Waals surface area contributed by atoms with E-state index >= 15 is 0 Å². The molecule has 0 radical (unpaired) electrons. The molecule has 2 aromatic rings. The van der Waals surface area contributed by atoms with E-state index in [1.807, 2.05) is 19.9 Å². The number of amides is 3. The highest BCUT2D eigenvalue weighted by atomic mass is 32.2. The van der Waals surface area contributed by atoms with Crippen LogP contribution in [0.2, 0.25) is 0 Å². The molecule has 2 heterocycles. The first-order valence-corrected chi connectivity index (χ1v) is 10.3. The Bertz CT molecular complexity index is 852. The van der Waals surface area contributed by atoms with Gasteiger partial charge in [-0.2, -0.15) is 4.98 Å². The summed E-state index contributed by atoms with van der Waals surface area (Å²) in [5.41, 5.74) is 1.79. The fraction of sp³-hybridized carbons (Fsp3) is 0.611. The standard InChI is InChI=1S/C18H26N6O2S/c1-10-6-5-7-14(13(10)4)20-17(26)21-15(25)9-27-18-22-16-19-11(2)8-12(3)24(16)23-18/h8,10,13-14H,5-7,9H2,1-4H3,(H2,20,21,25,26)/t10-,13+,14+/m0/s1. The highest BCUT2D eigenvalue weighted by Crippen LogP contribution is 2.29. The zero-order valence-corrected chi connectivity index (χ0v) is 17.0. The topological polar surface area (TPSA) is 101 Å². The minimum absolute atomic E-state index is 0.0684. The molecule has 1 aliphatic carbocycles. The van der Waals surface area contributed by atoms with Crippen LogP contribution in [0.5, 0.6) is 0 Å². The number of hydrogen-bond donors (Lipinski definition) is 2. The van der Waals surface area contributed by atoms with Crippen molar-refractivity contribution in [1.82, 2.24) is 30.2 Å². The first kappa shape index (κ1) is 19.6. The van der Waals surface area contributed by atoms with Crippen LogP contribution in [0, 0.1) is 25.7 Å². The van der Waals surface area contributed by atoms with Crippen molar-refractivity contribution < 1.29 is 9.59 Å². The molecule has 0 unspecified atom stereocenters. The average Bonchev–Trinajstić information content (AvgIpc) is 3.00. The summed E-state index contributed by atoms with van der Waals surface area (Å²) in [6, 6.07) is 1.61. The van der Waals surface area contributed by atoms with E-state index in [1.165, 1.54) is 18.2 Å². The SMILES string of the molecule is Cc1cc(C)n2nc(SCC(=O)NC(=O)N[C@@H]3CCC[C@H](C)[C@H]3C)nc2n1. The number of rotatable bonds is 4. The molecule has 27 heavy (non-hydrogen) atoms. The predicted octanol–water partition coefficient (Wildman–Crippen LogP) is 2.48. The van der Waals surface area contributed by atoms with E-state index in [9.17, 15) is 9.59 Å². The van der Waals surface area contributed by atoms with Crippen molar-refractivity contribution in [3.8, 4) is 0 Å². The van der Waals surface area contributed by atoms with E-state index in [1.54, 1.807) is 4.52 Å². The van der Waals surface area contributed by atoms with E-state index in [-0.39, 0.29) is 17.7 Å². The van der Waals surface area contributed by atoms with Gasteiger partial charge in [0.2, 0.25) is 11.1 Å². The number of nitrogens with zero attached hydrogens (tertiary/aromatic N) is 4. The molecular formula is C18H26N6O2S. The van der Waals surface area contributed by atoms with Crippen LogP contribution in [0.25, 0.3) is 5.78 Å². The summed E-state index contributed by atoms with van der Waals surface area (Å²) < 4.78 is 1.64. The molecule has 0 spiro atoms. The molecule has 2 aromatic heterocycles. The van der Waals surface area contributed by atoms with Crippen LogP contribution < -0.4 is 10.6 Å². The molecule has 0 saturated heterocycles. The fourth-order valence-corrected chi connectivity index (χ4v) is 4.11. The van der Waals surface area contributed by atoms with Crippen molar-refractivity contribution in [1.29, 1.82) is 0 Å². The number of urea groups is 1. The number of fused-ring (bicyclic) bond motifs is 1. The first-order valence-electron chi connectivity index (χ1n) is 9.27. The molecule has 1 aliphatic rings. The molecule has 3 amide bonds. The van der Waals surface area contributed by atoms with Crippen LogP contribution in [-0.2, 0) is 4.79 Å². The maximum absolute atomic E-state index is 12.1. The van der Waals surface area contributed by atoms with Gasteiger partial charge in [-0.1, -0.05) is 38.5 Å². The number of thioether (sulfide) groups is 1. The molecule has 3 atom stereocenters. The van der Waals surface area contributed by atoms with Crippen molar-refractivity contribution in [3.05, 3.63) is 17.5 Å². The van der Waals surface area contributed by atoms with Gasteiger partial charge in [-0.15, -0.1) is 5.10 Å². The Balaban J connectivity index is 1.51. The molecule has 3 rings (SSSR count). The molecule has 1 fully saturated rings. The van der Waals surface area contributed by atoms with E-state index < -0.39 is 6.03 Å². The lowest BCUT2D eigenvalue weighted by Gasteiger charge is -2.34. The maximum atomic E-state index is 12.1. The summed E-state index contributed by atoms with van der Waals surface area (Å²) in [5, 5.41) is 10.1. The predicted molar refractivity (Wildman–Crippen MR) is 104 cm³/mol. The second-order valence-electron chi connectivity index (χ2n) is 7.33. The molecule has 0 aliphatic heterocycles. The molecule has 1 saturated carbocycles. The van der Waals surface area contributed by atoms with E-state index in [2.05, 4.69) is 39.5 Å². The lowest BCUT2D eigenvalue weighted by atomic mass is 9.78. The number of aryl methyl sites for hydroxylation is 2. The second-order valence-corrected chi connectivity index (χ2v) is 8.27. The average molecular weight is 391 g/mol. The third-order valence-corrected chi connectivity index (χ3v) is 6.05. The smallest absolute Gasteiger partial charge is 0.321 e. The van der Waals surface area contributed by atoms with Crippen LogP contribution in [0.4, 0.5) is 4.79 Å². The van der Waals surface area contributed by atoms with Gasteiger partial charge in [-0.25, -0.2) is 14.3 Å². The molecule has 2 N–H and O–H groups in total. The van der Waals surface area contributed by atoms with Gasteiger partial charge >= 0.3 is 6.03 Å². The Kier molecular flexibility index (Phi) is 5.98. The summed E-state index contributed by atoms with van der Waals surface area (Å²) in [4.78, 5) is 32.8. The second kappa shape index (κ2) is 8.24. The van der Waals surface area contributed by atoms with Crippen molar-refractivity contribution in [3.63, 3.8) is 0 Å². The monoisotopic (exact) mass is 390 g/mol. The Morgan fingerprint density at radius 3 is 2.81 bits per heavy atom. The van der Waals surface area contributed by atoms with Crippen LogP contribution in [0.1, 0.15) is 44.5 Å². The largest absolute Gasteiger partial charge is 0.335 e. The number of carbonyl (C=O) groups excluding carboxylic acids is 2. The third kappa shape index (κ3) is 4.77. The highest BCUT2D eigenvalue weighted by molar-refractivity contribution is 7.99. The Morgan fingerprint density at radius 2 is 2.04 bits per heavy atom. The molecule has 8 nitrogen and oxygen atoms in total. The first-order chi connectivity index (χ1) is 12.8. The minimum Gasteiger partial charge on any atom is -0.335 e. The van der Waals surface area contributed by atoms with Gasteiger partial charge in [0.1, 0.15) is 0 Å². The van der Waals surface area contributed by atoms with E-state index in [0.29, 0.717) is 22.8 Å². The lowest BCUT2D eigenvalue weighted by Crippen LogP contribution is -2.49. The van der Waals surface area contributed by atoms with Crippen molar-refractivity contribution in [2.75, 3.05) is 5.75 Å². The van der Waals surface area contributed by atoms with Crippen LogP contribution >= 0.6 is 11.8 Å². The lowest BCUT2D eigenvalue weighted by molar-refractivity contribution is -0.117. The molecule has 0 aromatic carbocycles. The number of imide groups is 1. The van der Waals surface area contributed by atoms with Crippen LogP contribution in [0.15, 0.2) is 11.2 Å². The van der Waals surface area contributed by atoms with Gasteiger partial charge in [0, 0.05) is 17.4 Å². The third-order valence-electron chi connectivity index (χ3n) is 5.21. The number of nitrogens with one attached hydrogen (secondary N) is 2. The van der Waals surface area contributed by atoms with Gasteiger partial charge in [0.25, 0.3) is 5.78 Å². The van der Waals surface area contributed by atoms with Gasteiger partial charge in [0.15, 0.2) is 0 Å². The van der Waals surface area contributed by atoms with Crippen molar-refractivity contribution in [2.45, 2.75) is 58.2 Å². The molecule has 9 heteroatoms. The van der Waals surface area contributed by atoms with Crippen LogP contribution in [-0.4, -0.2) is 43.3 Å². The van der Waals surface area contributed by atoms with Crippen molar-refractivity contribution in [2.24, 2.45) is 11.8 Å². The molecule has 0 bridgehead atoms.